The van der Waals surface area contributed by atoms with E-state index in [0.29, 0.717) is 12.2 Å². The van der Waals surface area contributed by atoms with Gasteiger partial charge in [0.05, 0.1) is 12.2 Å². The molecule has 16 heavy (non-hydrogen) atoms. The van der Waals surface area contributed by atoms with E-state index in [9.17, 15) is 0 Å². The molecule has 86 valence electrons. The third kappa shape index (κ3) is 1.73. The zero-order chi connectivity index (χ0) is 11.0. The third-order valence-corrected chi connectivity index (χ3v) is 3.41. The maximum Gasteiger partial charge on any atom is 0.127 e. The third-order valence-electron chi connectivity index (χ3n) is 3.41. The second kappa shape index (κ2) is 3.94. The van der Waals surface area contributed by atoms with Crippen LogP contribution in [0.1, 0.15) is 12.8 Å². The van der Waals surface area contributed by atoms with Crippen LogP contribution >= 0.6 is 0 Å². The maximum atomic E-state index is 5.83. The molecule has 0 saturated carbocycles. The van der Waals surface area contributed by atoms with E-state index in [1.54, 1.807) is 0 Å². The molecule has 0 spiro atoms. The molecule has 1 N–H and O–H groups in total. The number of nitrogens with zero attached hydrogens (tertiary/aromatic N) is 2. The van der Waals surface area contributed by atoms with Gasteiger partial charge in [-0.1, -0.05) is 0 Å². The van der Waals surface area contributed by atoms with Gasteiger partial charge in [0.25, 0.3) is 0 Å². The van der Waals surface area contributed by atoms with Crippen LogP contribution in [0.5, 0.6) is 0 Å². The number of morpholine rings is 1. The molecule has 2 aliphatic rings. The van der Waals surface area contributed by atoms with Crippen molar-refractivity contribution in [3.8, 4) is 0 Å². The monoisotopic (exact) mass is 219 g/mol. The Labute approximate surface area is 95.6 Å². The Hall–Kier alpha value is -1.29. The Morgan fingerprint density at radius 2 is 2.12 bits per heavy atom. The highest BCUT2D eigenvalue weighted by Gasteiger charge is 2.33. The van der Waals surface area contributed by atoms with E-state index >= 15 is 0 Å². The van der Waals surface area contributed by atoms with Crippen molar-refractivity contribution in [3.63, 3.8) is 0 Å². The summed E-state index contributed by atoms with van der Waals surface area (Å²) in [6.45, 7) is 2.04. The molecule has 2 unspecified atom stereocenters. The molecule has 2 fully saturated rings. The molecule has 4 heteroatoms. The molecule has 2 bridgehead atoms. The Morgan fingerprint density at radius 1 is 1.38 bits per heavy atom. The number of hydrogen-bond acceptors (Lipinski definition) is 4. The minimum atomic E-state index is 0.435. The van der Waals surface area contributed by atoms with E-state index in [2.05, 4.69) is 27.3 Å². The molecular formula is C12H17N3O. The maximum absolute atomic E-state index is 5.83. The molecule has 2 aliphatic heterocycles. The van der Waals surface area contributed by atoms with Crippen LogP contribution in [-0.2, 0) is 4.74 Å². The first-order valence-electron chi connectivity index (χ1n) is 5.89. The fourth-order valence-electron chi connectivity index (χ4n) is 2.58. The fourth-order valence-corrected chi connectivity index (χ4v) is 2.58. The summed E-state index contributed by atoms with van der Waals surface area (Å²) in [6.07, 6.45) is 5.16. The zero-order valence-corrected chi connectivity index (χ0v) is 9.52. The highest BCUT2D eigenvalue weighted by atomic mass is 16.5. The topological polar surface area (TPSA) is 37.4 Å². The molecule has 1 aromatic heterocycles. The molecule has 0 aliphatic carbocycles. The summed E-state index contributed by atoms with van der Waals surface area (Å²) in [4.78, 5) is 6.65. The number of hydrogen-bond donors (Lipinski definition) is 1. The van der Waals surface area contributed by atoms with E-state index in [1.807, 2.05) is 13.2 Å². The highest BCUT2D eigenvalue weighted by molar-refractivity contribution is 5.54. The van der Waals surface area contributed by atoms with Crippen LogP contribution in [0.15, 0.2) is 18.3 Å². The summed E-state index contributed by atoms with van der Waals surface area (Å²) >= 11 is 0. The van der Waals surface area contributed by atoms with Crippen molar-refractivity contribution in [1.29, 1.82) is 0 Å². The van der Waals surface area contributed by atoms with Crippen molar-refractivity contribution in [2.75, 3.05) is 30.4 Å². The van der Waals surface area contributed by atoms with E-state index in [4.69, 9.17) is 4.74 Å². The van der Waals surface area contributed by atoms with Crippen LogP contribution in [0.2, 0.25) is 0 Å². The first-order chi connectivity index (χ1) is 7.85. The molecule has 0 aromatic carbocycles. The highest BCUT2D eigenvalue weighted by Crippen LogP contribution is 2.29. The number of ether oxygens (including phenoxy) is 1. The summed E-state index contributed by atoms with van der Waals surface area (Å²) < 4.78 is 5.83. The number of rotatable bonds is 2. The quantitative estimate of drug-likeness (QED) is 0.817. The van der Waals surface area contributed by atoms with Gasteiger partial charge in [0.2, 0.25) is 0 Å². The van der Waals surface area contributed by atoms with E-state index in [1.165, 1.54) is 18.5 Å². The average molecular weight is 219 g/mol. The standard InChI is InChI=1S/C12H17N3O/c1-13-12-6-9(4-5-14-12)15-7-10-2-3-11(8-15)16-10/h4-6,10-11H,2-3,7-8H2,1H3,(H,13,14). The van der Waals surface area contributed by atoms with Crippen molar-refractivity contribution in [3.05, 3.63) is 18.3 Å². The van der Waals surface area contributed by atoms with Gasteiger partial charge in [0.1, 0.15) is 5.82 Å². The largest absolute Gasteiger partial charge is 0.373 e. The van der Waals surface area contributed by atoms with Crippen LogP contribution < -0.4 is 10.2 Å². The van der Waals surface area contributed by atoms with E-state index < -0.39 is 0 Å². The molecule has 2 saturated heterocycles. The van der Waals surface area contributed by atoms with Crippen LogP contribution in [0.3, 0.4) is 0 Å². The van der Waals surface area contributed by atoms with Crippen molar-refractivity contribution in [2.24, 2.45) is 0 Å². The number of anilines is 2. The first-order valence-corrected chi connectivity index (χ1v) is 5.89. The van der Waals surface area contributed by atoms with Gasteiger partial charge in [-0.2, -0.15) is 0 Å². The van der Waals surface area contributed by atoms with Crippen LogP contribution in [0.25, 0.3) is 0 Å². The predicted molar refractivity (Wildman–Crippen MR) is 63.9 cm³/mol. The molecule has 3 rings (SSSR count). The van der Waals surface area contributed by atoms with Gasteiger partial charge in [-0.05, 0) is 18.9 Å². The van der Waals surface area contributed by atoms with Gasteiger partial charge in [-0.25, -0.2) is 4.98 Å². The van der Waals surface area contributed by atoms with Crippen molar-refractivity contribution >= 4 is 11.5 Å². The van der Waals surface area contributed by atoms with Gasteiger partial charge in [-0.3, -0.25) is 0 Å². The Bertz CT molecular complexity index is 370. The van der Waals surface area contributed by atoms with Crippen LogP contribution in [0, 0.1) is 0 Å². The minimum Gasteiger partial charge on any atom is -0.373 e. The average Bonchev–Trinajstić information content (AvgIpc) is 2.68. The lowest BCUT2D eigenvalue weighted by atomic mass is 10.2. The lowest BCUT2D eigenvalue weighted by molar-refractivity contribution is 0.0305. The van der Waals surface area contributed by atoms with Gasteiger partial charge < -0.3 is 15.0 Å². The van der Waals surface area contributed by atoms with Crippen molar-refractivity contribution in [2.45, 2.75) is 25.0 Å². The SMILES string of the molecule is CNc1cc(N2CC3CCC(C2)O3)ccn1. The van der Waals surface area contributed by atoms with E-state index in [0.717, 1.165) is 18.9 Å². The zero-order valence-electron chi connectivity index (χ0n) is 9.52. The molecule has 1 aromatic rings. The lowest BCUT2D eigenvalue weighted by Gasteiger charge is -2.33. The Kier molecular flexibility index (Phi) is 2.44. The van der Waals surface area contributed by atoms with Crippen molar-refractivity contribution in [1.82, 2.24) is 4.98 Å². The number of pyridine rings is 1. The Morgan fingerprint density at radius 3 is 2.81 bits per heavy atom. The van der Waals surface area contributed by atoms with Gasteiger partial charge in [-0.15, -0.1) is 0 Å². The normalized spacial score (nSPS) is 28.2. The second-order valence-corrected chi connectivity index (χ2v) is 4.51. The lowest BCUT2D eigenvalue weighted by Crippen LogP contribution is -2.42. The van der Waals surface area contributed by atoms with Crippen LogP contribution in [0.4, 0.5) is 11.5 Å². The number of aromatic nitrogens is 1. The van der Waals surface area contributed by atoms with Crippen LogP contribution in [-0.4, -0.2) is 37.3 Å². The number of fused-ring (bicyclic) bond motifs is 2. The molecule has 0 radical (unpaired) electrons. The predicted octanol–water partition coefficient (Wildman–Crippen LogP) is 1.49. The summed E-state index contributed by atoms with van der Waals surface area (Å²) in [6, 6.07) is 4.18. The molecule has 2 atom stereocenters. The Balaban J connectivity index is 1.81. The summed E-state index contributed by atoms with van der Waals surface area (Å²) in [5, 5.41) is 3.08. The molecule has 4 nitrogen and oxygen atoms in total. The molecule has 3 heterocycles. The number of nitrogens with one attached hydrogen (secondary N) is 1. The first kappa shape index (κ1) is 9.90. The minimum absolute atomic E-state index is 0.435. The fraction of sp³-hybridized carbons (Fsp3) is 0.583. The van der Waals surface area contributed by atoms with Gasteiger partial charge >= 0.3 is 0 Å². The molecular weight excluding hydrogens is 202 g/mol. The second-order valence-electron chi connectivity index (χ2n) is 4.51. The summed E-state index contributed by atoms with van der Waals surface area (Å²) in [5.41, 5.74) is 1.25. The summed E-state index contributed by atoms with van der Waals surface area (Å²) in [5.74, 6) is 0.927. The van der Waals surface area contributed by atoms with Crippen molar-refractivity contribution < 1.29 is 4.74 Å². The van der Waals surface area contributed by atoms with Gasteiger partial charge in [0.15, 0.2) is 0 Å². The van der Waals surface area contributed by atoms with E-state index in [-0.39, 0.29) is 0 Å². The molecule has 0 amide bonds. The summed E-state index contributed by atoms with van der Waals surface area (Å²) in [7, 11) is 1.90. The van der Waals surface area contributed by atoms with Gasteiger partial charge in [0, 0.05) is 38.1 Å². The smallest absolute Gasteiger partial charge is 0.127 e.